The Bertz CT molecular complexity index is 821. The van der Waals surface area contributed by atoms with E-state index in [2.05, 4.69) is 17.1 Å². The first-order valence-electron chi connectivity index (χ1n) is 10.2. The molecule has 0 bridgehead atoms. The van der Waals surface area contributed by atoms with Gasteiger partial charge in [0.15, 0.2) is 0 Å². The lowest BCUT2D eigenvalue weighted by molar-refractivity contribution is -0.0659. The van der Waals surface area contributed by atoms with Crippen molar-refractivity contribution in [2.75, 3.05) is 0 Å². The molecule has 2 aliphatic carbocycles. The number of nitrogens with zero attached hydrogens (tertiary/aromatic N) is 1. The molecule has 4 heteroatoms. The van der Waals surface area contributed by atoms with Gasteiger partial charge in [-0.25, -0.2) is 13.2 Å². The molecule has 3 aliphatic rings. The van der Waals surface area contributed by atoms with Crippen LogP contribution in [0.3, 0.4) is 0 Å². The van der Waals surface area contributed by atoms with Crippen molar-refractivity contribution in [2.24, 2.45) is 22.7 Å². The van der Waals surface area contributed by atoms with Gasteiger partial charge in [-0.3, -0.25) is 4.99 Å². The summed E-state index contributed by atoms with van der Waals surface area (Å²) < 4.78 is 40.7. The van der Waals surface area contributed by atoms with Crippen molar-refractivity contribution in [1.82, 2.24) is 0 Å². The van der Waals surface area contributed by atoms with Gasteiger partial charge in [-0.2, -0.15) is 0 Å². The molecule has 1 aliphatic heterocycles. The zero-order chi connectivity index (χ0) is 19.6. The first kappa shape index (κ1) is 19.2. The summed E-state index contributed by atoms with van der Waals surface area (Å²) in [5.41, 5.74) is 1.82. The largest absolute Gasteiger partial charge is 0.261 e. The quantitative estimate of drug-likeness (QED) is 0.540. The molecule has 0 amide bonds. The molecular formula is C24H26F3N. The van der Waals surface area contributed by atoms with E-state index in [9.17, 15) is 13.2 Å². The Labute approximate surface area is 164 Å². The molecule has 4 rings (SSSR count). The highest BCUT2D eigenvalue weighted by molar-refractivity contribution is 5.62. The van der Waals surface area contributed by atoms with Gasteiger partial charge in [-0.05, 0) is 73.3 Å². The summed E-state index contributed by atoms with van der Waals surface area (Å²) in [7, 11) is 0. The molecule has 0 N–H and O–H groups in total. The molecule has 2 unspecified atom stereocenters. The third-order valence-electron chi connectivity index (χ3n) is 6.43. The first-order valence-corrected chi connectivity index (χ1v) is 10.2. The van der Waals surface area contributed by atoms with Crippen molar-refractivity contribution < 1.29 is 13.2 Å². The monoisotopic (exact) mass is 385 g/mol. The summed E-state index contributed by atoms with van der Waals surface area (Å²) in [5, 5.41) is 0. The maximum atomic E-state index is 13.6. The van der Waals surface area contributed by atoms with E-state index in [4.69, 9.17) is 0 Å². The van der Waals surface area contributed by atoms with Crippen LogP contribution in [0.4, 0.5) is 13.2 Å². The minimum atomic E-state index is -2.46. The van der Waals surface area contributed by atoms with E-state index in [1.54, 1.807) is 12.1 Å². The predicted molar refractivity (Wildman–Crippen MR) is 107 cm³/mol. The summed E-state index contributed by atoms with van der Waals surface area (Å²) >= 11 is 0. The fourth-order valence-corrected chi connectivity index (χ4v) is 4.98. The van der Waals surface area contributed by atoms with E-state index < -0.39 is 5.92 Å². The van der Waals surface area contributed by atoms with Crippen molar-refractivity contribution in [3.05, 3.63) is 71.7 Å². The van der Waals surface area contributed by atoms with Crippen LogP contribution < -0.4 is 0 Å². The third kappa shape index (κ3) is 4.48. The van der Waals surface area contributed by atoms with Crippen LogP contribution in [0.5, 0.6) is 0 Å². The maximum Gasteiger partial charge on any atom is 0.248 e. The Morgan fingerprint density at radius 2 is 2.04 bits per heavy atom. The van der Waals surface area contributed by atoms with Crippen LogP contribution in [0.1, 0.15) is 50.0 Å². The highest BCUT2D eigenvalue weighted by Crippen LogP contribution is 2.51. The number of fused-ring (bicyclic) bond motifs is 1. The average molecular weight is 385 g/mol. The SMILES string of the molecule is Fc1cccc(C2C=C/C=C(/C=C/[C@@H]3CCC4CC(F)(F)CC[C@H]43)N=CC2)c1. The van der Waals surface area contributed by atoms with Crippen LogP contribution in [0.2, 0.25) is 0 Å². The molecule has 2 fully saturated rings. The van der Waals surface area contributed by atoms with E-state index in [1.807, 2.05) is 30.5 Å². The van der Waals surface area contributed by atoms with Crippen LogP contribution in [0.25, 0.3) is 0 Å². The average Bonchev–Trinajstić information content (AvgIpc) is 3.01. The Hall–Kier alpha value is -2.10. The molecule has 4 atom stereocenters. The Balaban J connectivity index is 1.41. The van der Waals surface area contributed by atoms with Crippen LogP contribution in [-0.2, 0) is 0 Å². The summed E-state index contributed by atoms with van der Waals surface area (Å²) in [6.45, 7) is 0. The molecule has 0 radical (unpaired) electrons. The molecule has 28 heavy (non-hydrogen) atoms. The predicted octanol–water partition coefficient (Wildman–Crippen LogP) is 6.84. The minimum absolute atomic E-state index is 0.0313. The maximum absolute atomic E-state index is 13.6. The molecule has 0 saturated heterocycles. The second-order valence-corrected chi connectivity index (χ2v) is 8.31. The number of rotatable bonds is 3. The topological polar surface area (TPSA) is 12.4 Å². The van der Waals surface area contributed by atoms with Crippen molar-refractivity contribution in [3.8, 4) is 0 Å². The van der Waals surface area contributed by atoms with Gasteiger partial charge in [0.05, 0.1) is 5.70 Å². The van der Waals surface area contributed by atoms with Gasteiger partial charge < -0.3 is 0 Å². The Morgan fingerprint density at radius 1 is 1.14 bits per heavy atom. The standard InChI is InChI=1S/C24H26F3N/c25-21-5-1-4-19(15-21)17-3-2-6-22(28-14-12-17)10-9-18-7-8-20-16-24(26,27)13-11-23(18)20/h1-6,9-10,14-15,17-18,20,23H,7-8,11-13,16H2/b3-2?,10-9+,22-6-,28-14?/t17?,18-,20?,23-/m0/s1. The molecule has 2 saturated carbocycles. The number of hydrogen-bond acceptors (Lipinski definition) is 1. The van der Waals surface area contributed by atoms with Crippen molar-refractivity contribution in [3.63, 3.8) is 0 Å². The molecule has 1 nitrogen and oxygen atoms in total. The minimum Gasteiger partial charge on any atom is -0.261 e. The van der Waals surface area contributed by atoms with Crippen LogP contribution in [-0.4, -0.2) is 12.1 Å². The second kappa shape index (κ2) is 8.10. The number of alkyl halides is 2. The number of allylic oxidation sites excluding steroid dienone is 5. The van der Waals surface area contributed by atoms with E-state index in [0.29, 0.717) is 24.7 Å². The number of halogens is 3. The lowest BCUT2D eigenvalue weighted by Crippen LogP contribution is -2.31. The number of aliphatic imine (C=N–C) groups is 1. The summed E-state index contributed by atoms with van der Waals surface area (Å²) in [5.74, 6) is -1.64. The van der Waals surface area contributed by atoms with E-state index >= 15 is 0 Å². The fourth-order valence-electron chi connectivity index (χ4n) is 4.98. The van der Waals surface area contributed by atoms with Crippen molar-refractivity contribution in [1.29, 1.82) is 0 Å². The van der Waals surface area contributed by atoms with Gasteiger partial charge in [-0.1, -0.05) is 30.4 Å². The van der Waals surface area contributed by atoms with Crippen molar-refractivity contribution in [2.45, 2.75) is 50.4 Å². The van der Waals surface area contributed by atoms with Gasteiger partial charge in [0, 0.05) is 25.0 Å². The normalized spacial score (nSPS) is 33.9. The zero-order valence-corrected chi connectivity index (χ0v) is 15.9. The van der Waals surface area contributed by atoms with Crippen molar-refractivity contribution >= 4 is 6.21 Å². The van der Waals surface area contributed by atoms with Crippen LogP contribution in [0.15, 0.2) is 65.3 Å². The van der Waals surface area contributed by atoms with Gasteiger partial charge in [0.2, 0.25) is 5.92 Å². The Morgan fingerprint density at radius 3 is 2.89 bits per heavy atom. The highest BCUT2D eigenvalue weighted by atomic mass is 19.3. The smallest absolute Gasteiger partial charge is 0.248 e. The van der Waals surface area contributed by atoms with Crippen LogP contribution >= 0.6 is 0 Å². The zero-order valence-electron chi connectivity index (χ0n) is 15.9. The molecule has 1 aromatic carbocycles. The number of hydrogen-bond donors (Lipinski definition) is 0. The summed E-state index contributed by atoms with van der Waals surface area (Å²) in [6, 6.07) is 6.68. The highest BCUT2D eigenvalue weighted by Gasteiger charge is 2.46. The van der Waals surface area contributed by atoms with E-state index in [-0.39, 0.29) is 30.5 Å². The van der Waals surface area contributed by atoms with Crippen LogP contribution in [0, 0.1) is 23.6 Å². The van der Waals surface area contributed by atoms with Gasteiger partial charge in [0.1, 0.15) is 5.82 Å². The summed E-state index contributed by atoms with van der Waals surface area (Å²) in [4.78, 5) is 4.55. The molecule has 148 valence electrons. The number of benzene rings is 1. The molecule has 1 aromatic rings. The molecule has 1 heterocycles. The van der Waals surface area contributed by atoms with E-state index in [1.165, 1.54) is 6.07 Å². The fraction of sp³-hybridized carbons (Fsp3) is 0.458. The second-order valence-electron chi connectivity index (χ2n) is 8.31. The Kier molecular flexibility index (Phi) is 5.56. The molecule has 0 aromatic heterocycles. The summed E-state index contributed by atoms with van der Waals surface area (Å²) in [6.07, 6.45) is 15.4. The lowest BCUT2D eigenvalue weighted by Gasteiger charge is -2.33. The van der Waals surface area contributed by atoms with Gasteiger partial charge in [-0.15, -0.1) is 0 Å². The lowest BCUT2D eigenvalue weighted by atomic mass is 9.76. The van der Waals surface area contributed by atoms with E-state index in [0.717, 1.165) is 24.1 Å². The third-order valence-corrected chi connectivity index (χ3v) is 6.43. The van der Waals surface area contributed by atoms with Gasteiger partial charge in [0.25, 0.3) is 0 Å². The molecular weight excluding hydrogens is 359 g/mol. The molecule has 0 spiro atoms. The van der Waals surface area contributed by atoms with Gasteiger partial charge >= 0.3 is 0 Å². The first-order chi connectivity index (χ1) is 13.5.